The van der Waals surface area contributed by atoms with Gasteiger partial charge in [-0.25, -0.2) is 0 Å². The van der Waals surface area contributed by atoms with Crippen molar-refractivity contribution < 1.29 is 5.11 Å². The second-order valence-corrected chi connectivity index (χ2v) is 8.27. The van der Waals surface area contributed by atoms with Crippen LogP contribution < -0.4 is 0 Å². The highest BCUT2D eigenvalue weighted by Crippen LogP contribution is 2.28. The number of phenols is 1. The van der Waals surface area contributed by atoms with Gasteiger partial charge < -0.3 is 14.9 Å². The molecule has 5 heteroatoms. The normalized spacial score (nSPS) is 20.6. The molecule has 2 rings (SSSR count). The molecule has 3 nitrogen and oxygen atoms in total. The lowest BCUT2D eigenvalue weighted by Crippen LogP contribution is -2.37. The highest BCUT2D eigenvalue weighted by atomic mass is 127. The summed E-state index contributed by atoms with van der Waals surface area (Å²) in [5.41, 5.74) is 1.04. The van der Waals surface area contributed by atoms with Gasteiger partial charge in [-0.2, -0.15) is 0 Å². The molecule has 1 atom stereocenters. The third-order valence-corrected chi connectivity index (χ3v) is 5.28. The van der Waals surface area contributed by atoms with Crippen molar-refractivity contribution in [2.75, 3.05) is 33.7 Å². The first-order chi connectivity index (χ1) is 9.45. The van der Waals surface area contributed by atoms with Gasteiger partial charge in [0, 0.05) is 28.8 Å². The molecule has 0 aromatic heterocycles. The molecule has 0 saturated carbocycles. The van der Waals surface area contributed by atoms with Gasteiger partial charge in [0.1, 0.15) is 5.75 Å². The summed E-state index contributed by atoms with van der Waals surface area (Å²) in [4.78, 5) is 4.76. The Morgan fingerprint density at radius 2 is 2.15 bits per heavy atom. The summed E-state index contributed by atoms with van der Waals surface area (Å²) < 4.78 is 2.13. The number of likely N-dealkylation sites (tertiary alicyclic amines) is 1. The fraction of sp³-hybridized carbons (Fsp3) is 0.600. The van der Waals surface area contributed by atoms with Crippen molar-refractivity contribution in [3.63, 3.8) is 0 Å². The van der Waals surface area contributed by atoms with E-state index in [1.165, 1.54) is 29.5 Å². The van der Waals surface area contributed by atoms with Crippen molar-refractivity contribution in [2.45, 2.75) is 19.4 Å². The zero-order chi connectivity index (χ0) is 14.7. The van der Waals surface area contributed by atoms with Gasteiger partial charge in [0.15, 0.2) is 0 Å². The number of rotatable bonds is 4. The Balaban J connectivity index is 1.96. The zero-order valence-electron chi connectivity index (χ0n) is 12.1. The Kier molecular flexibility index (Phi) is 6.37. The minimum Gasteiger partial charge on any atom is -0.507 e. The monoisotopic (exact) mass is 500 g/mol. The van der Waals surface area contributed by atoms with Crippen LogP contribution in [-0.2, 0) is 6.54 Å². The highest BCUT2D eigenvalue weighted by Gasteiger charge is 2.19. The minimum absolute atomic E-state index is 0.443. The summed E-state index contributed by atoms with van der Waals surface area (Å²) in [6.45, 7) is 4.35. The molecule has 20 heavy (non-hydrogen) atoms. The van der Waals surface area contributed by atoms with E-state index in [0.717, 1.165) is 28.1 Å². The van der Waals surface area contributed by atoms with E-state index in [2.05, 4.69) is 75.1 Å². The van der Waals surface area contributed by atoms with E-state index in [0.29, 0.717) is 5.75 Å². The van der Waals surface area contributed by atoms with Crippen molar-refractivity contribution in [3.05, 3.63) is 24.8 Å². The van der Waals surface area contributed by atoms with Crippen LogP contribution in [0.15, 0.2) is 12.1 Å². The van der Waals surface area contributed by atoms with E-state index < -0.39 is 0 Å². The summed E-state index contributed by atoms with van der Waals surface area (Å²) in [5.74, 6) is 1.20. The number of phenolic OH excluding ortho intramolecular Hbond substituents is 1. The number of halogens is 2. The second-order valence-electron chi connectivity index (χ2n) is 5.86. The molecule has 1 aliphatic rings. The summed E-state index contributed by atoms with van der Waals surface area (Å²) in [7, 11) is 4.36. The van der Waals surface area contributed by atoms with Crippen LogP contribution in [0.5, 0.6) is 5.75 Å². The van der Waals surface area contributed by atoms with E-state index in [-0.39, 0.29) is 0 Å². The molecule has 1 fully saturated rings. The SMILES string of the molecule is CN1CCCC(CN(C)Cc2cc(I)cc(I)c2O)C1. The first kappa shape index (κ1) is 16.8. The van der Waals surface area contributed by atoms with Crippen molar-refractivity contribution >= 4 is 45.2 Å². The molecule has 0 bridgehead atoms. The third-order valence-electron chi connectivity index (χ3n) is 3.84. The molecule has 1 aliphatic heterocycles. The first-order valence-electron chi connectivity index (χ1n) is 6.99. The van der Waals surface area contributed by atoms with Gasteiger partial charge in [-0.1, -0.05) is 0 Å². The van der Waals surface area contributed by atoms with Gasteiger partial charge >= 0.3 is 0 Å². The van der Waals surface area contributed by atoms with Gasteiger partial charge in [0.05, 0.1) is 3.57 Å². The molecule has 112 valence electrons. The van der Waals surface area contributed by atoms with Gasteiger partial charge in [-0.05, 0) is 96.7 Å². The number of hydrogen-bond acceptors (Lipinski definition) is 3. The van der Waals surface area contributed by atoms with E-state index in [4.69, 9.17) is 0 Å². The predicted molar refractivity (Wildman–Crippen MR) is 100 cm³/mol. The Labute approximate surface area is 149 Å². The summed E-state index contributed by atoms with van der Waals surface area (Å²) in [5, 5.41) is 10.2. The zero-order valence-corrected chi connectivity index (χ0v) is 16.4. The van der Waals surface area contributed by atoms with Gasteiger partial charge in [-0.3, -0.25) is 0 Å². The van der Waals surface area contributed by atoms with Crippen LogP contribution in [0.25, 0.3) is 0 Å². The largest absolute Gasteiger partial charge is 0.507 e. The fourth-order valence-corrected chi connectivity index (χ4v) is 4.92. The standard InChI is InChI=1S/C15H22I2N2O/c1-18-5-3-4-11(8-18)9-19(2)10-12-6-13(16)7-14(17)15(12)20/h6-7,11,20H,3-5,8-10H2,1-2H3. The van der Waals surface area contributed by atoms with Crippen LogP contribution in [-0.4, -0.2) is 48.6 Å². The van der Waals surface area contributed by atoms with Crippen molar-refractivity contribution in [3.8, 4) is 5.75 Å². The van der Waals surface area contributed by atoms with Crippen molar-refractivity contribution in [2.24, 2.45) is 5.92 Å². The van der Waals surface area contributed by atoms with Gasteiger partial charge in [0.2, 0.25) is 0 Å². The fourth-order valence-electron chi connectivity index (χ4n) is 2.96. The molecule has 1 aromatic carbocycles. The average Bonchev–Trinajstić information content (AvgIpc) is 2.35. The smallest absolute Gasteiger partial charge is 0.133 e. The van der Waals surface area contributed by atoms with Gasteiger partial charge in [-0.15, -0.1) is 0 Å². The molecule has 1 unspecified atom stereocenters. The van der Waals surface area contributed by atoms with Crippen LogP contribution >= 0.6 is 45.2 Å². The third kappa shape index (κ3) is 4.71. The highest BCUT2D eigenvalue weighted by molar-refractivity contribution is 14.1. The quantitative estimate of drug-likeness (QED) is 0.643. The van der Waals surface area contributed by atoms with E-state index in [1.54, 1.807) is 0 Å². The molecular weight excluding hydrogens is 478 g/mol. The maximum atomic E-state index is 10.2. The van der Waals surface area contributed by atoms with Crippen LogP contribution in [0.2, 0.25) is 0 Å². The van der Waals surface area contributed by atoms with Crippen molar-refractivity contribution in [1.82, 2.24) is 9.80 Å². The summed E-state index contributed by atoms with van der Waals surface area (Å²) >= 11 is 4.51. The molecule has 0 spiro atoms. The lowest BCUT2D eigenvalue weighted by molar-refractivity contribution is 0.163. The molecule has 0 amide bonds. The Bertz CT molecular complexity index is 467. The minimum atomic E-state index is 0.443. The molecule has 0 radical (unpaired) electrons. The Morgan fingerprint density at radius 3 is 2.85 bits per heavy atom. The molecule has 1 N–H and O–H groups in total. The van der Waals surface area contributed by atoms with E-state index in [9.17, 15) is 5.11 Å². The number of aromatic hydroxyl groups is 1. The summed E-state index contributed by atoms with van der Waals surface area (Å²) in [6, 6.07) is 4.09. The van der Waals surface area contributed by atoms with Crippen LogP contribution in [0.4, 0.5) is 0 Å². The Hall–Kier alpha value is 0.400. The maximum absolute atomic E-state index is 10.2. The predicted octanol–water partition coefficient (Wildman–Crippen LogP) is 3.38. The molecule has 1 aromatic rings. The van der Waals surface area contributed by atoms with Crippen molar-refractivity contribution in [1.29, 1.82) is 0 Å². The topological polar surface area (TPSA) is 26.7 Å². The number of piperidine rings is 1. The van der Waals surface area contributed by atoms with Crippen LogP contribution in [0.1, 0.15) is 18.4 Å². The lowest BCUT2D eigenvalue weighted by Gasteiger charge is -2.32. The molecular formula is C15H22I2N2O. The number of benzene rings is 1. The van der Waals surface area contributed by atoms with E-state index in [1.807, 2.05) is 6.07 Å². The lowest BCUT2D eigenvalue weighted by atomic mass is 9.98. The van der Waals surface area contributed by atoms with Gasteiger partial charge in [0.25, 0.3) is 0 Å². The summed E-state index contributed by atoms with van der Waals surface area (Å²) in [6.07, 6.45) is 2.63. The van der Waals surface area contributed by atoms with Crippen LogP contribution in [0.3, 0.4) is 0 Å². The van der Waals surface area contributed by atoms with E-state index >= 15 is 0 Å². The average molecular weight is 500 g/mol. The number of hydrogen-bond donors (Lipinski definition) is 1. The Morgan fingerprint density at radius 1 is 1.40 bits per heavy atom. The number of nitrogens with zero attached hydrogens (tertiary/aromatic N) is 2. The molecule has 1 saturated heterocycles. The molecule has 0 aliphatic carbocycles. The maximum Gasteiger partial charge on any atom is 0.133 e. The second kappa shape index (κ2) is 7.60. The molecule has 1 heterocycles. The first-order valence-corrected chi connectivity index (χ1v) is 9.15. The van der Waals surface area contributed by atoms with Crippen LogP contribution in [0, 0.1) is 13.1 Å².